The summed E-state index contributed by atoms with van der Waals surface area (Å²) in [6.07, 6.45) is 14.6. The van der Waals surface area contributed by atoms with Crippen molar-refractivity contribution < 1.29 is 5.11 Å². The second-order valence-electron chi connectivity index (χ2n) is 5.69. The highest BCUT2D eigenvalue weighted by Crippen LogP contribution is 2.12. The van der Waals surface area contributed by atoms with E-state index in [0.29, 0.717) is 0 Å². The number of nitrogens with two attached hydrogens (primary N) is 2. The zero-order valence-electron chi connectivity index (χ0n) is 13.3. The van der Waals surface area contributed by atoms with Crippen LogP contribution < -0.4 is 11.5 Å². The van der Waals surface area contributed by atoms with Crippen LogP contribution in [0.5, 0.6) is 0 Å². The molecule has 0 saturated heterocycles. The lowest BCUT2D eigenvalue weighted by atomic mass is 10.0. The average Bonchev–Trinajstić information content (AvgIpc) is 2.43. The molecule has 0 bridgehead atoms. The number of guanidine groups is 1. The second-order valence-corrected chi connectivity index (χ2v) is 5.69. The lowest BCUT2D eigenvalue weighted by Gasteiger charge is -2.06. The highest BCUT2D eigenvalue weighted by molar-refractivity contribution is 5.75. The van der Waals surface area contributed by atoms with Crippen LogP contribution in [-0.2, 0) is 0 Å². The third-order valence-corrected chi connectivity index (χ3v) is 3.71. The Hall–Kier alpha value is -0.770. The minimum absolute atomic E-state index is 0.0750. The molecule has 0 saturated carbocycles. The molecule has 0 aromatic rings. The molecule has 0 fully saturated rings. The molecule has 20 heavy (non-hydrogen) atoms. The summed E-state index contributed by atoms with van der Waals surface area (Å²) < 4.78 is 0. The van der Waals surface area contributed by atoms with Crippen LogP contribution in [0.3, 0.4) is 0 Å². The van der Waals surface area contributed by atoms with Crippen molar-refractivity contribution in [3.63, 3.8) is 0 Å². The number of nitrogens with zero attached hydrogens (tertiary/aromatic N) is 1. The maximum atomic E-state index is 9.43. The van der Waals surface area contributed by atoms with E-state index in [2.05, 4.69) is 4.99 Å². The van der Waals surface area contributed by atoms with Gasteiger partial charge in [-0.25, -0.2) is 0 Å². The smallest absolute Gasteiger partial charge is 0.185 e. The van der Waals surface area contributed by atoms with E-state index in [4.69, 9.17) is 11.5 Å². The molecule has 0 aromatic heterocycles. The summed E-state index contributed by atoms with van der Waals surface area (Å²) >= 11 is 0. The molecule has 0 rings (SSSR count). The van der Waals surface area contributed by atoms with Gasteiger partial charge in [-0.3, -0.25) is 4.99 Å². The highest BCUT2D eigenvalue weighted by atomic mass is 16.3. The Morgan fingerprint density at radius 3 is 1.75 bits per heavy atom. The van der Waals surface area contributed by atoms with Crippen molar-refractivity contribution in [3.8, 4) is 0 Å². The van der Waals surface area contributed by atoms with Crippen molar-refractivity contribution in [3.05, 3.63) is 0 Å². The summed E-state index contributed by atoms with van der Waals surface area (Å²) in [5.74, 6) is 0.205. The molecular formula is C16H35N3O. The standard InChI is InChI=1S/C16H35N3O/c1-2-15(20)13-11-9-7-5-3-4-6-8-10-12-14-19-16(17)18/h15,20H,2-14H2,1H3,(H4,17,18,19). The van der Waals surface area contributed by atoms with Crippen molar-refractivity contribution >= 4 is 5.96 Å². The Balaban J connectivity index is 3.05. The van der Waals surface area contributed by atoms with E-state index in [0.717, 1.165) is 25.8 Å². The molecule has 5 N–H and O–H groups in total. The quantitative estimate of drug-likeness (QED) is 0.260. The normalized spacial score (nSPS) is 12.3. The molecule has 0 amide bonds. The number of rotatable bonds is 14. The molecule has 1 unspecified atom stereocenters. The molecule has 4 nitrogen and oxygen atoms in total. The lowest BCUT2D eigenvalue weighted by molar-refractivity contribution is 0.156. The largest absolute Gasteiger partial charge is 0.393 e. The number of hydrogen-bond donors (Lipinski definition) is 3. The molecule has 0 radical (unpaired) electrons. The van der Waals surface area contributed by atoms with Gasteiger partial charge in [-0.15, -0.1) is 0 Å². The van der Waals surface area contributed by atoms with Crippen LogP contribution >= 0.6 is 0 Å². The zero-order chi connectivity index (χ0) is 15.1. The first kappa shape index (κ1) is 19.2. The van der Waals surface area contributed by atoms with Gasteiger partial charge in [0.05, 0.1) is 6.10 Å². The molecule has 0 aliphatic heterocycles. The van der Waals surface area contributed by atoms with E-state index < -0.39 is 0 Å². The summed E-state index contributed by atoms with van der Waals surface area (Å²) in [5, 5.41) is 9.43. The van der Waals surface area contributed by atoms with E-state index >= 15 is 0 Å². The third-order valence-electron chi connectivity index (χ3n) is 3.71. The minimum Gasteiger partial charge on any atom is -0.393 e. The van der Waals surface area contributed by atoms with E-state index in [1.807, 2.05) is 6.92 Å². The summed E-state index contributed by atoms with van der Waals surface area (Å²) in [6, 6.07) is 0. The van der Waals surface area contributed by atoms with Crippen molar-refractivity contribution in [2.45, 2.75) is 90.1 Å². The lowest BCUT2D eigenvalue weighted by Crippen LogP contribution is -2.22. The van der Waals surface area contributed by atoms with Crippen molar-refractivity contribution in [1.29, 1.82) is 0 Å². The van der Waals surface area contributed by atoms with Crippen LogP contribution in [0.2, 0.25) is 0 Å². The summed E-state index contributed by atoms with van der Waals surface area (Å²) in [4.78, 5) is 3.97. The molecule has 0 aliphatic rings. The Morgan fingerprint density at radius 2 is 1.30 bits per heavy atom. The van der Waals surface area contributed by atoms with E-state index in [1.54, 1.807) is 0 Å². The van der Waals surface area contributed by atoms with Crippen LogP contribution in [0, 0.1) is 0 Å². The monoisotopic (exact) mass is 285 g/mol. The summed E-state index contributed by atoms with van der Waals surface area (Å²) in [7, 11) is 0. The SMILES string of the molecule is CCC(O)CCCCCCCCCCCCN=C(N)N. The first-order valence-electron chi connectivity index (χ1n) is 8.40. The van der Waals surface area contributed by atoms with Gasteiger partial charge in [0.15, 0.2) is 5.96 Å². The molecule has 0 aliphatic carbocycles. The Morgan fingerprint density at radius 1 is 0.850 bits per heavy atom. The Kier molecular flexibility index (Phi) is 14.1. The number of aliphatic imine (C=N–C) groups is 1. The molecule has 4 heteroatoms. The first-order valence-corrected chi connectivity index (χ1v) is 8.40. The molecular weight excluding hydrogens is 250 g/mol. The van der Waals surface area contributed by atoms with Gasteiger partial charge in [0, 0.05) is 6.54 Å². The Labute approximate surface area is 125 Å². The van der Waals surface area contributed by atoms with Gasteiger partial charge in [0.1, 0.15) is 0 Å². The van der Waals surface area contributed by atoms with Crippen LogP contribution in [-0.4, -0.2) is 23.7 Å². The predicted molar refractivity (Wildman–Crippen MR) is 87.8 cm³/mol. The molecule has 0 aromatic carbocycles. The number of hydrogen-bond acceptors (Lipinski definition) is 2. The van der Waals surface area contributed by atoms with Gasteiger partial charge in [-0.05, 0) is 19.3 Å². The Bertz CT molecular complexity index is 228. The first-order chi connectivity index (χ1) is 9.66. The molecule has 120 valence electrons. The van der Waals surface area contributed by atoms with Gasteiger partial charge in [-0.2, -0.15) is 0 Å². The van der Waals surface area contributed by atoms with Crippen LogP contribution in [0.1, 0.15) is 84.0 Å². The fraction of sp³-hybridized carbons (Fsp3) is 0.938. The number of aliphatic hydroxyl groups is 1. The van der Waals surface area contributed by atoms with Gasteiger partial charge in [-0.1, -0.05) is 64.7 Å². The summed E-state index contributed by atoms with van der Waals surface area (Å²) in [5.41, 5.74) is 10.5. The third kappa shape index (κ3) is 15.3. The topological polar surface area (TPSA) is 84.6 Å². The highest BCUT2D eigenvalue weighted by Gasteiger charge is 1.99. The van der Waals surface area contributed by atoms with Crippen LogP contribution in [0.25, 0.3) is 0 Å². The zero-order valence-corrected chi connectivity index (χ0v) is 13.3. The maximum absolute atomic E-state index is 9.43. The fourth-order valence-electron chi connectivity index (χ4n) is 2.32. The molecule has 1 atom stereocenters. The predicted octanol–water partition coefficient (Wildman–Crippen LogP) is 3.32. The summed E-state index contributed by atoms with van der Waals surface area (Å²) in [6.45, 7) is 2.81. The number of unbranched alkanes of at least 4 members (excludes halogenated alkanes) is 9. The molecule has 0 heterocycles. The van der Waals surface area contributed by atoms with Crippen molar-refractivity contribution in [1.82, 2.24) is 0 Å². The number of aliphatic hydroxyl groups excluding tert-OH is 1. The maximum Gasteiger partial charge on any atom is 0.185 e. The second kappa shape index (κ2) is 14.6. The van der Waals surface area contributed by atoms with Gasteiger partial charge in [0.25, 0.3) is 0 Å². The van der Waals surface area contributed by atoms with E-state index in [-0.39, 0.29) is 12.1 Å². The van der Waals surface area contributed by atoms with Gasteiger partial charge >= 0.3 is 0 Å². The van der Waals surface area contributed by atoms with Crippen LogP contribution in [0.15, 0.2) is 4.99 Å². The fourth-order valence-corrected chi connectivity index (χ4v) is 2.32. The van der Waals surface area contributed by atoms with Crippen molar-refractivity contribution in [2.24, 2.45) is 16.5 Å². The van der Waals surface area contributed by atoms with E-state index in [9.17, 15) is 5.11 Å². The molecule has 0 spiro atoms. The van der Waals surface area contributed by atoms with E-state index in [1.165, 1.54) is 57.8 Å². The van der Waals surface area contributed by atoms with Gasteiger partial charge < -0.3 is 16.6 Å². The van der Waals surface area contributed by atoms with Crippen LogP contribution in [0.4, 0.5) is 0 Å². The van der Waals surface area contributed by atoms with Crippen molar-refractivity contribution in [2.75, 3.05) is 6.54 Å². The average molecular weight is 285 g/mol. The van der Waals surface area contributed by atoms with Gasteiger partial charge in [0.2, 0.25) is 0 Å². The minimum atomic E-state index is -0.0750.